The van der Waals surface area contributed by atoms with Gasteiger partial charge in [0.15, 0.2) is 5.78 Å². The van der Waals surface area contributed by atoms with Crippen LogP contribution in [0.2, 0.25) is 0 Å². The lowest BCUT2D eigenvalue weighted by atomic mass is 9.61. The highest BCUT2D eigenvalue weighted by atomic mass is 16.5. The molecule has 0 aromatic heterocycles. The summed E-state index contributed by atoms with van der Waals surface area (Å²) in [6, 6.07) is 0. The molecule has 4 atom stereocenters. The van der Waals surface area contributed by atoms with E-state index >= 15 is 0 Å². The van der Waals surface area contributed by atoms with E-state index < -0.39 is 0 Å². The SMILES string of the molecule is CC1=CC[C@@H]2[C@@H]3C(=C(C)C(=O)O[C@H]13)C(=O)C[C@H]2C. The Hall–Kier alpha value is -1.38. The number of ketones is 1. The van der Waals surface area contributed by atoms with Crippen LogP contribution in [0.4, 0.5) is 0 Å². The lowest BCUT2D eigenvalue weighted by Gasteiger charge is -2.46. The van der Waals surface area contributed by atoms with Gasteiger partial charge in [0.25, 0.3) is 0 Å². The van der Waals surface area contributed by atoms with Crippen LogP contribution in [-0.2, 0) is 14.3 Å². The minimum absolute atomic E-state index is 0.101. The third kappa shape index (κ3) is 1.43. The zero-order valence-electron chi connectivity index (χ0n) is 11.0. The summed E-state index contributed by atoms with van der Waals surface area (Å²) >= 11 is 0. The van der Waals surface area contributed by atoms with Crippen LogP contribution in [0.15, 0.2) is 22.8 Å². The third-order valence-corrected chi connectivity index (χ3v) is 4.76. The third-order valence-electron chi connectivity index (χ3n) is 4.76. The molecular weight excluding hydrogens is 228 g/mol. The highest BCUT2D eigenvalue weighted by Gasteiger charge is 2.49. The summed E-state index contributed by atoms with van der Waals surface area (Å²) in [5, 5.41) is 0. The van der Waals surface area contributed by atoms with E-state index in [0.717, 1.165) is 17.6 Å². The molecule has 1 aliphatic heterocycles. The maximum absolute atomic E-state index is 12.2. The Balaban J connectivity index is 2.16. The summed E-state index contributed by atoms with van der Waals surface area (Å²) in [6.07, 6.45) is 3.53. The van der Waals surface area contributed by atoms with Crippen LogP contribution in [0.1, 0.15) is 33.6 Å². The first-order chi connectivity index (χ1) is 8.50. The molecule has 0 aromatic carbocycles. The fourth-order valence-electron chi connectivity index (χ4n) is 3.72. The maximum atomic E-state index is 12.2. The molecule has 1 fully saturated rings. The van der Waals surface area contributed by atoms with Crippen molar-refractivity contribution in [3.05, 3.63) is 22.8 Å². The number of carbonyl (C=O) groups excluding carboxylic acids is 2. The Labute approximate surface area is 107 Å². The van der Waals surface area contributed by atoms with Gasteiger partial charge >= 0.3 is 5.97 Å². The van der Waals surface area contributed by atoms with Crippen LogP contribution in [-0.4, -0.2) is 17.9 Å². The second-order valence-corrected chi connectivity index (χ2v) is 5.84. The van der Waals surface area contributed by atoms with Gasteiger partial charge in [-0.3, -0.25) is 4.79 Å². The molecule has 0 amide bonds. The molecule has 0 saturated heterocycles. The Morgan fingerprint density at radius 3 is 2.72 bits per heavy atom. The molecule has 3 aliphatic rings. The van der Waals surface area contributed by atoms with Crippen molar-refractivity contribution < 1.29 is 14.3 Å². The van der Waals surface area contributed by atoms with E-state index in [2.05, 4.69) is 13.0 Å². The second-order valence-electron chi connectivity index (χ2n) is 5.84. The van der Waals surface area contributed by atoms with Crippen LogP contribution in [0.5, 0.6) is 0 Å². The van der Waals surface area contributed by atoms with Gasteiger partial charge < -0.3 is 4.74 Å². The average molecular weight is 246 g/mol. The number of allylic oxidation sites excluding steroid dienone is 1. The summed E-state index contributed by atoms with van der Waals surface area (Å²) in [4.78, 5) is 24.1. The summed E-state index contributed by atoms with van der Waals surface area (Å²) < 4.78 is 5.53. The minimum Gasteiger partial charge on any atom is -0.454 e. The quantitative estimate of drug-likeness (QED) is 0.487. The zero-order chi connectivity index (χ0) is 13.0. The monoisotopic (exact) mass is 246 g/mol. The van der Waals surface area contributed by atoms with Gasteiger partial charge in [0.2, 0.25) is 0 Å². The van der Waals surface area contributed by atoms with Crippen molar-refractivity contribution in [1.29, 1.82) is 0 Å². The van der Waals surface area contributed by atoms with Crippen molar-refractivity contribution in [1.82, 2.24) is 0 Å². The summed E-state index contributed by atoms with van der Waals surface area (Å²) in [5.41, 5.74) is 2.39. The summed E-state index contributed by atoms with van der Waals surface area (Å²) in [5.74, 6) is 0.751. The predicted molar refractivity (Wildman–Crippen MR) is 66.7 cm³/mol. The largest absolute Gasteiger partial charge is 0.454 e. The van der Waals surface area contributed by atoms with Gasteiger partial charge in [-0.1, -0.05) is 13.0 Å². The number of carbonyl (C=O) groups is 2. The number of hydrogen-bond donors (Lipinski definition) is 0. The molecule has 0 aromatic rings. The zero-order valence-corrected chi connectivity index (χ0v) is 11.0. The number of ether oxygens (including phenoxy) is 1. The molecule has 0 radical (unpaired) electrons. The molecule has 3 heteroatoms. The van der Waals surface area contributed by atoms with Crippen molar-refractivity contribution in [2.75, 3.05) is 0 Å². The van der Waals surface area contributed by atoms with E-state index in [0.29, 0.717) is 23.8 Å². The number of hydrogen-bond acceptors (Lipinski definition) is 3. The van der Waals surface area contributed by atoms with E-state index in [9.17, 15) is 9.59 Å². The van der Waals surface area contributed by atoms with Crippen molar-refractivity contribution in [3.63, 3.8) is 0 Å². The van der Waals surface area contributed by atoms with Crippen molar-refractivity contribution in [2.24, 2.45) is 17.8 Å². The van der Waals surface area contributed by atoms with Gasteiger partial charge in [-0.25, -0.2) is 4.79 Å². The van der Waals surface area contributed by atoms with Gasteiger partial charge in [-0.15, -0.1) is 0 Å². The minimum atomic E-state index is -0.317. The Morgan fingerprint density at radius 1 is 1.28 bits per heavy atom. The van der Waals surface area contributed by atoms with Gasteiger partial charge in [-0.2, -0.15) is 0 Å². The van der Waals surface area contributed by atoms with Crippen molar-refractivity contribution in [3.8, 4) is 0 Å². The van der Waals surface area contributed by atoms with Gasteiger partial charge in [0, 0.05) is 23.5 Å². The number of Topliss-reactive ketones (excluding diaryl/α,β-unsaturated/α-hetero) is 1. The topological polar surface area (TPSA) is 43.4 Å². The van der Waals surface area contributed by atoms with Gasteiger partial charge in [0.05, 0.1) is 0 Å². The van der Waals surface area contributed by atoms with Crippen molar-refractivity contribution in [2.45, 2.75) is 39.7 Å². The second kappa shape index (κ2) is 3.81. The van der Waals surface area contributed by atoms with E-state index in [-0.39, 0.29) is 23.8 Å². The lowest BCUT2D eigenvalue weighted by Crippen LogP contribution is -2.48. The highest BCUT2D eigenvalue weighted by Crippen LogP contribution is 2.48. The van der Waals surface area contributed by atoms with E-state index in [4.69, 9.17) is 4.74 Å². The normalized spacial score (nSPS) is 39.2. The fourth-order valence-corrected chi connectivity index (χ4v) is 3.72. The Kier molecular flexibility index (Phi) is 2.47. The first kappa shape index (κ1) is 11.7. The average Bonchev–Trinajstić information content (AvgIpc) is 2.31. The van der Waals surface area contributed by atoms with Crippen LogP contribution in [0.3, 0.4) is 0 Å². The maximum Gasteiger partial charge on any atom is 0.334 e. The molecule has 3 rings (SSSR count). The van der Waals surface area contributed by atoms with Crippen LogP contribution in [0, 0.1) is 17.8 Å². The number of esters is 1. The molecule has 1 saturated carbocycles. The summed E-state index contributed by atoms with van der Waals surface area (Å²) in [6.45, 7) is 5.86. The first-order valence-corrected chi connectivity index (χ1v) is 6.62. The highest BCUT2D eigenvalue weighted by molar-refractivity contribution is 6.06. The number of rotatable bonds is 0. The van der Waals surface area contributed by atoms with Gasteiger partial charge in [-0.05, 0) is 37.7 Å². The van der Waals surface area contributed by atoms with Crippen LogP contribution < -0.4 is 0 Å². The molecule has 18 heavy (non-hydrogen) atoms. The molecule has 3 nitrogen and oxygen atoms in total. The van der Waals surface area contributed by atoms with E-state index in [1.807, 2.05) is 6.92 Å². The first-order valence-electron chi connectivity index (χ1n) is 6.62. The van der Waals surface area contributed by atoms with Crippen molar-refractivity contribution >= 4 is 11.8 Å². The standard InChI is InChI=1S/C15H18O3/c1-7-4-5-10-8(2)6-11(16)12-9(3)15(17)18-14(7)13(10)12/h4,8,10,13-14H,5-6H2,1-3H3/t8-,10+,13-,14-/m1/s1. The van der Waals surface area contributed by atoms with E-state index in [1.165, 1.54) is 0 Å². The molecule has 0 spiro atoms. The van der Waals surface area contributed by atoms with Crippen LogP contribution in [0.25, 0.3) is 0 Å². The summed E-state index contributed by atoms with van der Waals surface area (Å²) in [7, 11) is 0. The molecule has 96 valence electrons. The Morgan fingerprint density at radius 2 is 2.00 bits per heavy atom. The Bertz CT molecular complexity index is 498. The molecule has 0 unspecified atom stereocenters. The molecule has 0 bridgehead atoms. The molecule has 0 N–H and O–H groups in total. The van der Waals surface area contributed by atoms with Crippen LogP contribution >= 0.6 is 0 Å². The lowest BCUT2D eigenvalue weighted by molar-refractivity contribution is -0.150. The molecule has 1 heterocycles. The molecular formula is C15H18O3. The van der Waals surface area contributed by atoms with E-state index in [1.54, 1.807) is 6.92 Å². The molecule has 2 aliphatic carbocycles. The smallest absolute Gasteiger partial charge is 0.334 e. The predicted octanol–water partition coefficient (Wildman–Crippen LogP) is 2.42. The van der Waals surface area contributed by atoms with Gasteiger partial charge in [0.1, 0.15) is 6.10 Å². The fraction of sp³-hybridized carbons (Fsp3) is 0.600.